The number of aromatic nitrogens is 3. The van der Waals surface area contributed by atoms with Crippen molar-refractivity contribution in [3.05, 3.63) is 71.5 Å². The van der Waals surface area contributed by atoms with Gasteiger partial charge in [-0.05, 0) is 62.4 Å². The van der Waals surface area contributed by atoms with Crippen molar-refractivity contribution in [2.24, 2.45) is 0 Å². The van der Waals surface area contributed by atoms with E-state index in [1.807, 2.05) is 62.4 Å². The van der Waals surface area contributed by atoms with Gasteiger partial charge in [-0.25, -0.2) is 15.0 Å². The summed E-state index contributed by atoms with van der Waals surface area (Å²) in [5.74, 6) is 3.05. The van der Waals surface area contributed by atoms with Gasteiger partial charge >= 0.3 is 0 Å². The zero-order valence-electron chi connectivity index (χ0n) is 17.6. The first-order chi connectivity index (χ1) is 15.1. The van der Waals surface area contributed by atoms with Crippen LogP contribution in [0.25, 0.3) is 10.9 Å². The largest absolute Gasteiger partial charge is 0.496 e. The van der Waals surface area contributed by atoms with Crippen LogP contribution < -0.4 is 20.1 Å². The van der Waals surface area contributed by atoms with E-state index in [1.54, 1.807) is 7.11 Å². The smallest absolute Gasteiger partial charge is 0.227 e. The minimum atomic E-state index is -0.0150. The number of anilines is 3. The van der Waals surface area contributed by atoms with Gasteiger partial charge in [-0.3, -0.25) is 0 Å². The molecular formula is C24H23N5O2. The number of pyridine rings is 1. The van der Waals surface area contributed by atoms with Crippen molar-refractivity contribution in [3.8, 4) is 11.5 Å². The van der Waals surface area contributed by atoms with E-state index in [9.17, 15) is 0 Å². The molecule has 0 spiro atoms. The monoisotopic (exact) mass is 413 g/mol. The molecule has 31 heavy (non-hydrogen) atoms. The van der Waals surface area contributed by atoms with Gasteiger partial charge in [0.05, 0.1) is 24.2 Å². The number of methoxy groups -OCH3 is 1. The van der Waals surface area contributed by atoms with Crippen LogP contribution in [0.5, 0.6) is 11.5 Å². The van der Waals surface area contributed by atoms with Gasteiger partial charge in [-0.2, -0.15) is 0 Å². The van der Waals surface area contributed by atoms with Crippen LogP contribution in [0.4, 0.5) is 17.5 Å². The molecule has 0 saturated carbocycles. The highest BCUT2D eigenvalue weighted by molar-refractivity contribution is 5.84. The number of nitrogens with one attached hydrogen (secondary N) is 2. The topological polar surface area (TPSA) is 81.2 Å². The van der Waals surface area contributed by atoms with Crippen LogP contribution in [-0.2, 0) is 0 Å². The molecule has 1 unspecified atom stereocenters. The lowest BCUT2D eigenvalue weighted by Gasteiger charge is -2.15. The van der Waals surface area contributed by atoms with Gasteiger partial charge < -0.3 is 20.1 Å². The first-order valence-electron chi connectivity index (χ1n) is 10.2. The van der Waals surface area contributed by atoms with E-state index in [0.717, 1.165) is 50.9 Å². The van der Waals surface area contributed by atoms with Crippen LogP contribution in [0.1, 0.15) is 23.0 Å². The van der Waals surface area contributed by atoms with Gasteiger partial charge in [0.1, 0.15) is 23.9 Å². The highest BCUT2D eigenvalue weighted by Gasteiger charge is 2.28. The summed E-state index contributed by atoms with van der Waals surface area (Å²) in [7, 11) is 1.67. The Hall–Kier alpha value is -3.87. The summed E-state index contributed by atoms with van der Waals surface area (Å²) >= 11 is 0. The minimum absolute atomic E-state index is 0.0150. The van der Waals surface area contributed by atoms with E-state index >= 15 is 0 Å². The molecule has 7 nitrogen and oxygen atoms in total. The lowest BCUT2D eigenvalue weighted by Crippen LogP contribution is -2.13. The third-order valence-corrected chi connectivity index (χ3v) is 5.25. The molecule has 1 aliphatic rings. The van der Waals surface area contributed by atoms with E-state index in [2.05, 4.69) is 26.7 Å². The maximum Gasteiger partial charge on any atom is 0.227 e. The summed E-state index contributed by atoms with van der Waals surface area (Å²) in [6.07, 6.45) is 0. The number of ether oxygens (including phenoxy) is 2. The highest BCUT2D eigenvalue weighted by atomic mass is 16.5. The molecule has 3 heterocycles. The van der Waals surface area contributed by atoms with Crippen molar-refractivity contribution < 1.29 is 9.47 Å². The zero-order chi connectivity index (χ0) is 21.4. The molecule has 0 amide bonds. The fraction of sp³-hybridized carbons (Fsp3) is 0.208. The van der Waals surface area contributed by atoms with Gasteiger partial charge in [-0.1, -0.05) is 6.07 Å². The molecule has 1 atom stereocenters. The molecule has 7 heteroatoms. The molecule has 0 saturated heterocycles. The Bertz CT molecular complexity index is 1250. The lowest BCUT2D eigenvalue weighted by atomic mass is 10.1. The third-order valence-electron chi connectivity index (χ3n) is 5.25. The quantitative estimate of drug-likeness (QED) is 0.480. The van der Waals surface area contributed by atoms with E-state index in [-0.39, 0.29) is 6.04 Å². The average molecular weight is 413 g/mol. The summed E-state index contributed by atoms with van der Waals surface area (Å²) in [5, 5.41) is 7.79. The Morgan fingerprint density at radius 3 is 2.61 bits per heavy atom. The van der Waals surface area contributed by atoms with E-state index < -0.39 is 0 Å². The van der Waals surface area contributed by atoms with Crippen molar-refractivity contribution >= 4 is 28.4 Å². The van der Waals surface area contributed by atoms with Crippen molar-refractivity contribution in [1.29, 1.82) is 0 Å². The van der Waals surface area contributed by atoms with Gasteiger partial charge in [0, 0.05) is 22.5 Å². The minimum Gasteiger partial charge on any atom is -0.496 e. The number of fused-ring (bicyclic) bond motifs is 2. The first kappa shape index (κ1) is 19.1. The number of rotatable bonds is 5. The van der Waals surface area contributed by atoms with Crippen molar-refractivity contribution in [2.75, 3.05) is 24.4 Å². The molecule has 2 aromatic heterocycles. The molecule has 5 rings (SSSR count). The summed E-state index contributed by atoms with van der Waals surface area (Å²) in [4.78, 5) is 13.7. The second kappa shape index (κ2) is 7.75. The predicted octanol–water partition coefficient (Wildman–Crippen LogP) is 4.94. The van der Waals surface area contributed by atoms with Crippen LogP contribution in [0.15, 0.2) is 54.6 Å². The number of benzene rings is 2. The first-order valence-corrected chi connectivity index (χ1v) is 10.2. The molecule has 4 aromatic rings. The molecule has 1 aliphatic heterocycles. The number of nitrogens with zero attached hydrogens (tertiary/aromatic N) is 3. The number of aryl methyl sites for hydroxylation is 2. The summed E-state index contributed by atoms with van der Waals surface area (Å²) in [6, 6.07) is 17.8. The highest BCUT2D eigenvalue weighted by Crippen LogP contribution is 2.40. The second-order valence-electron chi connectivity index (χ2n) is 7.58. The average Bonchev–Trinajstić information content (AvgIpc) is 3.16. The summed E-state index contributed by atoms with van der Waals surface area (Å²) < 4.78 is 11.3. The standard InChI is InChI=1S/C24H23N5O2/c1-14-11-15(2)26-24(25-14)27-17-8-9-18-16(12-17)7-10-22(28-18)29-19-13-31-21-6-4-5-20(30-3)23(19)21/h4-12,19H,13H2,1-3H3,(H,28,29)(H,25,26,27). The Labute approximate surface area is 180 Å². The van der Waals surface area contributed by atoms with Crippen LogP contribution in [0.2, 0.25) is 0 Å². The molecular weight excluding hydrogens is 390 g/mol. The molecule has 0 bridgehead atoms. The fourth-order valence-corrected chi connectivity index (χ4v) is 3.91. The molecule has 0 fully saturated rings. The van der Waals surface area contributed by atoms with Crippen molar-refractivity contribution in [3.63, 3.8) is 0 Å². The maximum atomic E-state index is 5.81. The lowest BCUT2D eigenvalue weighted by molar-refractivity contribution is 0.339. The molecule has 0 aliphatic carbocycles. The second-order valence-corrected chi connectivity index (χ2v) is 7.58. The fourth-order valence-electron chi connectivity index (χ4n) is 3.91. The summed E-state index contributed by atoms with van der Waals surface area (Å²) in [5.41, 5.74) is 4.71. The van der Waals surface area contributed by atoms with E-state index in [0.29, 0.717) is 12.6 Å². The van der Waals surface area contributed by atoms with Gasteiger partial charge in [0.25, 0.3) is 0 Å². The van der Waals surface area contributed by atoms with E-state index in [4.69, 9.17) is 14.5 Å². The Morgan fingerprint density at radius 1 is 0.968 bits per heavy atom. The number of hydrogen-bond donors (Lipinski definition) is 2. The van der Waals surface area contributed by atoms with Crippen molar-refractivity contribution in [2.45, 2.75) is 19.9 Å². The predicted molar refractivity (Wildman–Crippen MR) is 121 cm³/mol. The van der Waals surface area contributed by atoms with Gasteiger partial charge in [-0.15, -0.1) is 0 Å². The SMILES string of the molecule is COc1cccc2c1C(Nc1ccc3cc(Nc4nc(C)cc(C)n4)ccc3n1)CO2. The molecule has 0 radical (unpaired) electrons. The number of hydrogen-bond acceptors (Lipinski definition) is 7. The zero-order valence-corrected chi connectivity index (χ0v) is 17.6. The van der Waals surface area contributed by atoms with Crippen LogP contribution in [0, 0.1) is 13.8 Å². The Balaban J connectivity index is 1.38. The Morgan fingerprint density at radius 2 is 1.81 bits per heavy atom. The normalized spacial score (nSPS) is 14.7. The van der Waals surface area contributed by atoms with Crippen LogP contribution >= 0.6 is 0 Å². The van der Waals surface area contributed by atoms with Gasteiger partial charge in [0.15, 0.2) is 0 Å². The van der Waals surface area contributed by atoms with Crippen molar-refractivity contribution in [1.82, 2.24) is 15.0 Å². The Kier molecular flexibility index (Phi) is 4.78. The molecule has 2 aromatic carbocycles. The molecule has 2 N–H and O–H groups in total. The summed E-state index contributed by atoms with van der Waals surface area (Å²) in [6.45, 7) is 4.46. The third kappa shape index (κ3) is 3.82. The van der Waals surface area contributed by atoms with E-state index in [1.165, 1.54) is 0 Å². The van der Waals surface area contributed by atoms with Gasteiger partial charge in [0.2, 0.25) is 5.95 Å². The van der Waals surface area contributed by atoms with Crippen LogP contribution in [0.3, 0.4) is 0 Å². The molecule has 156 valence electrons. The maximum absolute atomic E-state index is 5.81. The van der Waals surface area contributed by atoms with Crippen LogP contribution in [-0.4, -0.2) is 28.7 Å².